The summed E-state index contributed by atoms with van der Waals surface area (Å²) in [5.74, 6) is 0.00755. The van der Waals surface area contributed by atoms with Crippen molar-refractivity contribution >= 4 is 5.78 Å². The molecule has 3 rings (SSSR count). The maximum atomic E-state index is 12.9. The molecule has 0 N–H and O–H groups in total. The molecule has 7 heteroatoms. The molecule has 0 unspecified atom stereocenters. The van der Waals surface area contributed by atoms with Crippen LogP contribution < -0.4 is 0 Å². The average Bonchev–Trinajstić information content (AvgIpc) is 3.19. The zero-order valence-corrected chi connectivity index (χ0v) is 11.6. The van der Waals surface area contributed by atoms with E-state index in [1.807, 2.05) is 0 Å². The van der Waals surface area contributed by atoms with E-state index in [9.17, 15) is 9.18 Å². The first-order valence-electron chi connectivity index (χ1n) is 6.82. The van der Waals surface area contributed by atoms with Crippen molar-refractivity contribution in [2.24, 2.45) is 0 Å². The fourth-order valence-electron chi connectivity index (χ4n) is 2.02. The average molecular weight is 300 g/mol. The van der Waals surface area contributed by atoms with Gasteiger partial charge in [0, 0.05) is 18.1 Å². The van der Waals surface area contributed by atoms with Crippen LogP contribution in [0.5, 0.6) is 0 Å². The fourth-order valence-corrected chi connectivity index (χ4v) is 2.02. The summed E-state index contributed by atoms with van der Waals surface area (Å²) in [6, 6.07) is 7.38. The Bertz CT molecular complexity index is 750. The van der Waals surface area contributed by atoms with Crippen LogP contribution in [0.1, 0.15) is 23.3 Å². The van der Waals surface area contributed by atoms with Gasteiger partial charge in [-0.25, -0.2) is 4.39 Å². The number of halogens is 1. The minimum absolute atomic E-state index is 0.107. The topological polar surface area (TPSA) is 73.8 Å². The summed E-state index contributed by atoms with van der Waals surface area (Å²) >= 11 is 0. The van der Waals surface area contributed by atoms with Gasteiger partial charge < -0.3 is 4.52 Å². The van der Waals surface area contributed by atoms with Crippen LogP contribution in [0.15, 0.2) is 47.2 Å². The minimum Gasteiger partial charge on any atom is -0.356 e. The Kier molecular flexibility index (Phi) is 4.04. The number of aryl methyl sites for hydroxylation is 1. The Morgan fingerprint density at radius 3 is 2.64 bits per heavy atom. The normalized spacial score (nSPS) is 10.8. The zero-order valence-electron chi connectivity index (χ0n) is 11.6. The molecule has 0 atom stereocenters. The van der Waals surface area contributed by atoms with Gasteiger partial charge in [0.2, 0.25) is 0 Å². The van der Waals surface area contributed by atoms with E-state index in [1.54, 1.807) is 30.6 Å². The van der Waals surface area contributed by atoms with E-state index < -0.39 is 0 Å². The van der Waals surface area contributed by atoms with Crippen molar-refractivity contribution in [3.8, 4) is 11.3 Å². The van der Waals surface area contributed by atoms with Gasteiger partial charge in [-0.3, -0.25) is 4.79 Å². The Labute approximate surface area is 125 Å². The number of Topliss-reactive ketones (excluding diaryl/α,β-unsaturated/α-hetero) is 1. The lowest BCUT2D eigenvalue weighted by Gasteiger charge is -1.97. The molecule has 22 heavy (non-hydrogen) atoms. The molecule has 3 aromatic rings. The highest BCUT2D eigenvalue weighted by Crippen LogP contribution is 2.21. The first-order valence-corrected chi connectivity index (χ1v) is 6.82. The number of carbonyl (C=O) groups is 1. The molecule has 0 fully saturated rings. The summed E-state index contributed by atoms with van der Waals surface area (Å²) in [5, 5.41) is 11.7. The van der Waals surface area contributed by atoms with Gasteiger partial charge in [0.1, 0.15) is 11.5 Å². The monoisotopic (exact) mass is 300 g/mol. The molecular formula is C15H13FN4O2. The number of benzene rings is 1. The quantitative estimate of drug-likeness (QED) is 0.654. The first kappa shape index (κ1) is 14.1. The number of rotatable bonds is 6. The van der Waals surface area contributed by atoms with Crippen LogP contribution >= 0.6 is 0 Å². The Hall–Kier alpha value is -2.83. The highest BCUT2D eigenvalue weighted by atomic mass is 19.1. The summed E-state index contributed by atoms with van der Waals surface area (Å²) in [6.45, 7) is 0.571. The lowest BCUT2D eigenvalue weighted by molar-refractivity contribution is 0.0969. The predicted molar refractivity (Wildman–Crippen MR) is 75.5 cm³/mol. The van der Waals surface area contributed by atoms with Crippen LogP contribution in [-0.2, 0) is 6.54 Å². The van der Waals surface area contributed by atoms with Crippen molar-refractivity contribution in [3.63, 3.8) is 0 Å². The second kappa shape index (κ2) is 6.30. The lowest BCUT2D eigenvalue weighted by Crippen LogP contribution is -2.06. The third-order valence-electron chi connectivity index (χ3n) is 3.15. The van der Waals surface area contributed by atoms with Gasteiger partial charge in [0.15, 0.2) is 11.5 Å². The first-order chi connectivity index (χ1) is 10.7. The van der Waals surface area contributed by atoms with Gasteiger partial charge in [-0.1, -0.05) is 5.16 Å². The molecule has 1 aromatic carbocycles. The molecule has 0 saturated heterocycles. The van der Waals surface area contributed by atoms with E-state index in [0.29, 0.717) is 30.7 Å². The number of nitrogens with zero attached hydrogens (tertiary/aromatic N) is 4. The molecule has 0 spiro atoms. The summed E-state index contributed by atoms with van der Waals surface area (Å²) in [7, 11) is 0. The smallest absolute Gasteiger partial charge is 0.184 e. The fraction of sp³-hybridized carbons (Fsp3) is 0.200. The van der Waals surface area contributed by atoms with Gasteiger partial charge in [-0.2, -0.15) is 15.0 Å². The maximum Gasteiger partial charge on any atom is 0.184 e. The molecule has 0 bridgehead atoms. The van der Waals surface area contributed by atoms with Crippen LogP contribution in [0, 0.1) is 5.82 Å². The van der Waals surface area contributed by atoms with Crippen molar-refractivity contribution < 1.29 is 13.7 Å². The van der Waals surface area contributed by atoms with E-state index in [1.165, 1.54) is 16.9 Å². The van der Waals surface area contributed by atoms with Crippen molar-refractivity contribution in [3.05, 3.63) is 54.2 Å². The van der Waals surface area contributed by atoms with Crippen molar-refractivity contribution in [2.75, 3.05) is 0 Å². The van der Waals surface area contributed by atoms with Crippen LogP contribution in [0.25, 0.3) is 11.3 Å². The molecule has 0 aliphatic heterocycles. The van der Waals surface area contributed by atoms with Gasteiger partial charge in [-0.05, 0) is 30.7 Å². The lowest BCUT2D eigenvalue weighted by atomic mass is 10.1. The number of ketones is 1. The zero-order chi connectivity index (χ0) is 15.4. The summed E-state index contributed by atoms with van der Waals surface area (Å²) in [4.78, 5) is 13.6. The number of hydrogen-bond acceptors (Lipinski definition) is 5. The molecule has 0 aliphatic rings. The molecular weight excluding hydrogens is 287 g/mol. The maximum absolute atomic E-state index is 12.9. The Morgan fingerprint density at radius 2 is 1.91 bits per heavy atom. The molecule has 2 heterocycles. The highest BCUT2D eigenvalue weighted by molar-refractivity contribution is 5.94. The Morgan fingerprint density at radius 1 is 1.18 bits per heavy atom. The third-order valence-corrected chi connectivity index (χ3v) is 3.15. The summed E-state index contributed by atoms with van der Waals surface area (Å²) in [5.41, 5.74) is 0.946. The van der Waals surface area contributed by atoms with Gasteiger partial charge in [0.25, 0.3) is 0 Å². The number of carbonyl (C=O) groups excluding carboxylic acids is 1. The SMILES string of the molecule is O=C(CCCn1nccn1)c1cc(-c2ccc(F)cc2)on1. The van der Waals surface area contributed by atoms with Crippen molar-refractivity contribution in [1.29, 1.82) is 0 Å². The van der Waals surface area contributed by atoms with Gasteiger partial charge in [-0.15, -0.1) is 0 Å². The van der Waals surface area contributed by atoms with Crippen LogP contribution in [0.4, 0.5) is 4.39 Å². The largest absolute Gasteiger partial charge is 0.356 e. The molecule has 2 aromatic heterocycles. The standard InChI is InChI=1S/C15H13FN4O2/c16-12-5-3-11(4-6-12)15-10-13(19-22-15)14(21)2-1-9-20-17-7-8-18-20/h3-8,10H,1-2,9H2. The molecule has 0 amide bonds. The Balaban J connectivity index is 1.60. The van der Waals surface area contributed by atoms with Crippen LogP contribution in [-0.4, -0.2) is 25.9 Å². The van der Waals surface area contributed by atoms with E-state index >= 15 is 0 Å². The van der Waals surface area contributed by atoms with Gasteiger partial charge in [0.05, 0.1) is 18.9 Å². The van der Waals surface area contributed by atoms with Crippen LogP contribution in [0.3, 0.4) is 0 Å². The third kappa shape index (κ3) is 3.25. The number of hydrogen-bond donors (Lipinski definition) is 0. The van der Waals surface area contributed by atoms with E-state index in [-0.39, 0.29) is 17.3 Å². The number of aromatic nitrogens is 4. The van der Waals surface area contributed by atoms with Gasteiger partial charge >= 0.3 is 0 Å². The predicted octanol–water partition coefficient (Wildman–Crippen LogP) is 2.74. The van der Waals surface area contributed by atoms with Crippen LogP contribution in [0.2, 0.25) is 0 Å². The molecule has 6 nitrogen and oxygen atoms in total. The van der Waals surface area contributed by atoms with E-state index in [0.717, 1.165) is 0 Å². The molecule has 0 saturated carbocycles. The summed E-state index contributed by atoms with van der Waals surface area (Å²) < 4.78 is 18.0. The second-order valence-corrected chi connectivity index (χ2v) is 4.74. The molecule has 0 aliphatic carbocycles. The second-order valence-electron chi connectivity index (χ2n) is 4.74. The van der Waals surface area contributed by atoms with Crippen molar-refractivity contribution in [1.82, 2.24) is 20.2 Å². The van der Waals surface area contributed by atoms with E-state index in [4.69, 9.17) is 4.52 Å². The van der Waals surface area contributed by atoms with E-state index in [2.05, 4.69) is 15.4 Å². The molecule has 112 valence electrons. The molecule has 0 radical (unpaired) electrons. The minimum atomic E-state index is -0.327. The highest BCUT2D eigenvalue weighted by Gasteiger charge is 2.13. The van der Waals surface area contributed by atoms with Crippen molar-refractivity contribution in [2.45, 2.75) is 19.4 Å². The summed E-state index contributed by atoms with van der Waals surface area (Å²) in [6.07, 6.45) is 4.13.